The fourth-order valence-corrected chi connectivity index (χ4v) is 0. The quantitative estimate of drug-likeness (QED) is 0.480. The Morgan fingerprint density at radius 3 is 1.60 bits per heavy atom. The van der Waals surface area contributed by atoms with E-state index in [-0.39, 0.29) is 0 Å². The minimum absolute atomic E-state index is 1.89. The molecule has 0 fully saturated rings. The van der Waals surface area contributed by atoms with E-state index in [4.69, 9.17) is 0 Å². The van der Waals surface area contributed by atoms with Crippen molar-refractivity contribution in [2.45, 2.75) is 0 Å². The van der Waals surface area contributed by atoms with Gasteiger partial charge in [0.2, 0.25) is 0 Å². The average Bonchev–Trinajstić information content (AvgIpc) is 0.722. The van der Waals surface area contributed by atoms with Gasteiger partial charge >= 0.3 is 39.3 Å². The van der Waals surface area contributed by atoms with Crippen LogP contribution in [0.3, 0.4) is 0 Å². The Morgan fingerprint density at radius 2 is 1.60 bits per heavy atom. The zero-order valence-electron chi connectivity index (χ0n) is 2.12. The zero-order valence-corrected chi connectivity index (χ0v) is 4.49. The normalized spacial score (nSPS) is 11.8. The zero-order chi connectivity index (χ0) is 4.50. The monoisotopic (exact) mass is 186 g/mol. The minimum atomic E-state index is -3.32. The Morgan fingerprint density at radius 1 is 1.60 bits per heavy atom. The van der Waals surface area contributed by atoms with E-state index in [1.54, 1.807) is 0 Å². The molecular weight excluding hydrogens is 184 g/mol. The summed E-state index contributed by atoms with van der Waals surface area (Å²) < 4.78 is 18.7. The van der Waals surface area contributed by atoms with Crippen LogP contribution in [0.15, 0.2) is 0 Å². The molecule has 0 spiro atoms. The molecule has 2 N–H and O–H groups in total. The van der Waals surface area contributed by atoms with Gasteiger partial charge in [0.05, 0.1) is 0 Å². The molecule has 5 heavy (non-hydrogen) atoms. The molecule has 0 bridgehead atoms. The Kier molecular flexibility index (Phi) is 1.51. The topological polar surface area (TPSA) is 60.2 Å². The molecule has 0 rings (SSSR count). The van der Waals surface area contributed by atoms with Crippen molar-refractivity contribution < 1.29 is 26.4 Å². The summed E-state index contributed by atoms with van der Waals surface area (Å²) in [5, 5.41) is 4.26. The predicted octanol–water partition coefficient (Wildman–Crippen LogP) is -1.26. The summed E-state index contributed by atoms with van der Waals surface area (Å²) in [5.41, 5.74) is 0. The molecule has 0 aliphatic carbocycles. The molecule has 0 atom stereocenters. The van der Waals surface area contributed by atoms with Gasteiger partial charge < -0.3 is 0 Å². The van der Waals surface area contributed by atoms with E-state index in [1.807, 2.05) is 17.9 Å². The van der Waals surface area contributed by atoms with Crippen LogP contribution in [0, 0.1) is 0 Å². The van der Waals surface area contributed by atoms with E-state index in [2.05, 4.69) is 5.14 Å². The van der Waals surface area contributed by atoms with Crippen LogP contribution >= 0.6 is 0 Å². The number of hydrogen-bond donors (Lipinski definition) is 1. The molecule has 0 aromatic carbocycles. The van der Waals surface area contributed by atoms with Gasteiger partial charge in [-0.25, -0.2) is 0 Å². The maximum atomic E-state index is 9.34. The van der Waals surface area contributed by atoms with Crippen LogP contribution < -0.4 is 5.14 Å². The summed E-state index contributed by atoms with van der Waals surface area (Å²) in [6, 6.07) is 0. The summed E-state index contributed by atoms with van der Waals surface area (Å²) >= 11 is 1.89. The van der Waals surface area contributed by atoms with Gasteiger partial charge in [-0.05, 0) is 0 Å². The fourth-order valence-electron chi connectivity index (χ4n) is 0. The van der Waals surface area contributed by atoms with Gasteiger partial charge in [0.15, 0.2) is 0 Å². The van der Waals surface area contributed by atoms with Gasteiger partial charge in [-0.15, -0.1) is 0 Å². The first-order chi connectivity index (χ1) is 2.00. The van der Waals surface area contributed by atoms with Gasteiger partial charge in [-0.2, -0.15) is 0 Å². The first kappa shape index (κ1) is 5.57. The van der Waals surface area contributed by atoms with E-state index >= 15 is 0 Å². The van der Waals surface area contributed by atoms with Crippen LogP contribution in [0.5, 0.6) is 0 Å². The SMILES string of the molecule is N[S](=O)(=O)[Pd]. The molecule has 0 aliphatic heterocycles. The fraction of sp³-hybridized carbons (Fsp3) is 0. The molecule has 0 aromatic heterocycles. The Labute approximate surface area is 39.8 Å². The number of nitrogens with two attached hydrogens (primary N) is 1. The van der Waals surface area contributed by atoms with Crippen LogP contribution in [-0.4, -0.2) is 8.42 Å². The molecular formula is H2NO2PdS. The maximum absolute atomic E-state index is 9.34. The van der Waals surface area contributed by atoms with E-state index in [0.29, 0.717) is 0 Å². The van der Waals surface area contributed by atoms with Crippen molar-refractivity contribution in [1.29, 1.82) is 0 Å². The Bertz CT molecular complexity index is 92.8. The second kappa shape index (κ2) is 1.35. The first-order valence-electron chi connectivity index (χ1n) is 0.698. The van der Waals surface area contributed by atoms with Crippen LogP contribution in [0.1, 0.15) is 0 Å². The number of rotatable bonds is 0. The van der Waals surface area contributed by atoms with E-state index in [9.17, 15) is 8.42 Å². The van der Waals surface area contributed by atoms with Crippen molar-refractivity contribution in [3.05, 3.63) is 0 Å². The van der Waals surface area contributed by atoms with Gasteiger partial charge in [-0.3, -0.25) is 0 Å². The van der Waals surface area contributed by atoms with Crippen molar-refractivity contribution >= 4 is 7.84 Å². The van der Waals surface area contributed by atoms with Gasteiger partial charge in [0, 0.05) is 0 Å². The summed E-state index contributed by atoms with van der Waals surface area (Å²) in [5.74, 6) is 0. The third kappa shape index (κ3) is 92.4. The third-order valence-electron chi connectivity index (χ3n) is 0. The Balaban J connectivity index is 4.06. The molecule has 5 heteroatoms. The second-order valence-corrected chi connectivity index (χ2v) is 3.98. The molecule has 0 aliphatic rings. The van der Waals surface area contributed by atoms with Gasteiger partial charge in [-0.1, -0.05) is 0 Å². The summed E-state index contributed by atoms with van der Waals surface area (Å²) in [7, 11) is -3.32. The van der Waals surface area contributed by atoms with E-state index < -0.39 is 7.84 Å². The van der Waals surface area contributed by atoms with Crippen molar-refractivity contribution in [3.8, 4) is 0 Å². The molecule has 0 amide bonds. The summed E-state index contributed by atoms with van der Waals surface area (Å²) in [4.78, 5) is 0. The van der Waals surface area contributed by atoms with Crippen molar-refractivity contribution in [3.63, 3.8) is 0 Å². The van der Waals surface area contributed by atoms with E-state index in [1.165, 1.54) is 0 Å². The van der Waals surface area contributed by atoms with Crippen molar-refractivity contribution in [1.82, 2.24) is 0 Å². The number of hydrogen-bond acceptors (Lipinski definition) is 2. The second-order valence-electron chi connectivity index (χ2n) is 0.440. The van der Waals surface area contributed by atoms with Gasteiger partial charge in [0.25, 0.3) is 0 Å². The molecule has 0 aromatic rings. The van der Waals surface area contributed by atoms with Gasteiger partial charge in [0.1, 0.15) is 0 Å². The molecule has 3 nitrogen and oxygen atoms in total. The molecule has 0 radical (unpaired) electrons. The Hall–Kier alpha value is 0.572. The van der Waals surface area contributed by atoms with Crippen LogP contribution in [0.2, 0.25) is 0 Å². The molecule has 0 unspecified atom stereocenters. The average molecular weight is 187 g/mol. The molecule has 0 heterocycles. The predicted molar refractivity (Wildman–Crippen MR) is 13.1 cm³/mol. The standard InChI is InChI=1S/H2NO2S.Pd/c1-4(2)3;/h(H2,1,2,3);. The van der Waals surface area contributed by atoms with Crippen molar-refractivity contribution in [2.75, 3.05) is 0 Å². The molecule has 0 saturated carbocycles. The summed E-state index contributed by atoms with van der Waals surface area (Å²) in [6.07, 6.45) is 0. The van der Waals surface area contributed by atoms with Crippen LogP contribution in [0.25, 0.3) is 0 Å². The molecule has 35 valence electrons. The first-order valence-corrected chi connectivity index (χ1v) is 4.00. The molecule has 0 saturated heterocycles. The van der Waals surface area contributed by atoms with Crippen LogP contribution in [-0.2, 0) is 25.8 Å². The summed E-state index contributed by atoms with van der Waals surface area (Å²) in [6.45, 7) is 0. The van der Waals surface area contributed by atoms with E-state index in [0.717, 1.165) is 0 Å². The van der Waals surface area contributed by atoms with Crippen molar-refractivity contribution in [2.24, 2.45) is 5.14 Å². The third-order valence-corrected chi connectivity index (χ3v) is 0. The van der Waals surface area contributed by atoms with Crippen LogP contribution in [0.4, 0.5) is 0 Å².